The fourth-order valence-corrected chi connectivity index (χ4v) is 4.46. The first-order chi connectivity index (χ1) is 14.6. The summed E-state index contributed by atoms with van der Waals surface area (Å²) in [6.45, 7) is 8.62. The minimum absolute atomic E-state index is 0.0574. The maximum absolute atomic E-state index is 13.1. The minimum Gasteiger partial charge on any atom is -0.335 e. The van der Waals surface area contributed by atoms with Gasteiger partial charge in [-0.25, -0.2) is 0 Å². The predicted molar refractivity (Wildman–Crippen MR) is 124 cm³/mol. The number of nitrogens with two attached hydrogens (primary N) is 1. The van der Waals surface area contributed by atoms with Crippen LogP contribution in [0.4, 0.5) is 5.69 Å². The van der Waals surface area contributed by atoms with Crippen molar-refractivity contribution in [2.45, 2.75) is 78.4 Å². The zero-order valence-corrected chi connectivity index (χ0v) is 19.7. The molecule has 7 nitrogen and oxygen atoms in total. The normalized spacial score (nSPS) is 19.1. The van der Waals surface area contributed by atoms with Crippen LogP contribution in [0.1, 0.15) is 73.8 Å². The Morgan fingerprint density at radius 3 is 2.35 bits per heavy atom. The molecule has 1 aliphatic carbocycles. The maximum atomic E-state index is 13.1. The fraction of sp³-hybridized carbons (Fsp3) is 0.565. The van der Waals surface area contributed by atoms with Gasteiger partial charge in [0, 0.05) is 30.7 Å². The monoisotopic (exact) mass is 443 g/mol. The SMILES string of the molecule is Cc1nnsc1C(=O)Nc1ccc(CN(C(=O)CC(C)(C)C)C2CCC(N)CC2)cc1. The molecule has 0 aliphatic heterocycles. The summed E-state index contributed by atoms with van der Waals surface area (Å²) in [4.78, 5) is 28.1. The second-order valence-corrected chi connectivity index (χ2v) is 10.4. The first-order valence-electron chi connectivity index (χ1n) is 10.9. The summed E-state index contributed by atoms with van der Waals surface area (Å²) >= 11 is 1.09. The summed E-state index contributed by atoms with van der Waals surface area (Å²) in [5.74, 6) is -0.0145. The van der Waals surface area contributed by atoms with Crippen LogP contribution in [0.25, 0.3) is 0 Å². The Balaban J connectivity index is 1.69. The van der Waals surface area contributed by atoms with Gasteiger partial charge < -0.3 is 16.0 Å². The number of carbonyl (C=O) groups is 2. The van der Waals surface area contributed by atoms with Crippen LogP contribution in [0.2, 0.25) is 0 Å². The van der Waals surface area contributed by atoms with Crippen LogP contribution in [-0.2, 0) is 11.3 Å². The molecule has 1 aromatic heterocycles. The molecule has 1 heterocycles. The lowest BCUT2D eigenvalue weighted by atomic mass is 9.88. The van der Waals surface area contributed by atoms with E-state index in [0.29, 0.717) is 29.2 Å². The Kier molecular flexibility index (Phi) is 7.43. The number of benzene rings is 1. The highest BCUT2D eigenvalue weighted by Crippen LogP contribution is 2.28. The molecule has 3 rings (SSSR count). The molecule has 1 aliphatic rings. The Morgan fingerprint density at radius 1 is 1.16 bits per heavy atom. The number of rotatable bonds is 6. The number of aromatic nitrogens is 2. The van der Waals surface area contributed by atoms with Gasteiger partial charge >= 0.3 is 0 Å². The van der Waals surface area contributed by atoms with Crippen LogP contribution in [0.5, 0.6) is 0 Å². The van der Waals surface area contributed by atoms with Gasteiger partial charge in [-0.15, -0.1) is 5.10 Å². The van der Waals surface area contributed by atoms with Crippen molar-refractivity contribution >= 4 is 29.0 Å². The van der Waals surface area contributed by atoms with Gasteiger partial charge in [-0.05, 0) is 67.3 Å². The smallest absolute Gasteiger partial charge is 0.269 e. The van der Waals surface area contributed by atoms with Gasteiger partial charge in [-0.2, -0.15) is 0 Å². The zero-order chi connectivity index (χ0) is 22.6. The third-order valence-corrected chi connectivity index (χ3v) is 6.43. The van der Waals surface area contributed by atoms with Crippen LogP contribution < -0.4 is 11.1 Å². The van der Waals surface area contributed by atoms with Gasteiger partial charge in [0.25, 0.3) is 5.91 Å². The highest BCUT2D eigenvalue weighted by atomic mass is 32.1. The Labute approximate surface area is 188 Å². The lowest BCUT2D eigenvalue weighted by molar-refractivity contribution is -0.137. The average molecular weight is 444 g/mol. The molecule has 0 atom stereocenters. The van der Waals surface area contributed by atoms with Crippen molar-refractivity contribution in [1.82, 2.24) is 14.5 Å². The molecule has 3 N–H and O–H groups in total. The van der Waals surface area contributed by atoms with E-state index in [9.17, 15) is 9.59 Å². The summed E-state index contributed by atoms with van der Waals surface area (Å²) < 4.78 is 3.81. The lowest BCUT2D eigenvalue weighted by Crippen LogP contribution is -2.44. The number of aryl methyl sites for hydroxylation is 1. The second kappa shape index (κ2) is 9.87. The van der Waals surface area contributed by atoms with Crippen LogP contribution in [0.15, 0.2) is 24.3 Å². The molecule has 0 unspecified atom stereocenters. The minimum atomic E-state index is -0.208. The molecule has 0 saturated heterocycles. The number of hydrogen-bond acceptors (Lipinski definition) is 6. The molecule has 8 heteroatoms. The lowest BCUT2D eigenvalue weighted by Gasteiger charge is -2.37. The highest BCUT2D eigenvalue weighted by molar-refractivity contribution is 7.08. The molecule has 0 bridgehead atoms. The van der Waals surface area contributed by atoms with E-state index < -0.39 is 0 Å². The molecule has 2 aromatic rings. The average Bonchev–Trinajstić information content (AvgIpc) is 3.13. The fourth-order valence-electron chi connectivity index (χ4n) is 3.91. The molecule has 168 valence electrons. The van der Waals surface area contributed by atoms with Crippen molar-refractivity contribution in [2.75, 3.05) is 5.32 Å². The van der Waals surface area contributed by atoms with E-state index in [4.69, 9.17) is 5.73 Å². The highest BCUT2D eigenvalue weighted by Gasteiger charge is 2.30. The first-order valence-corrected chi connectivity index (χ1v) is 11.6. The third-order valence-electron chi connectivity index (χ3n) is 5.61. The molecule has 1 aromatic carbocycles. The van der Waals surface area contributed by atoms with Crippen LogP contribution in [0.3, 0.4) is 0 Å². The van der Waals surface area contributed by atoms with Crippen molar-refractivity contribution in [2.24, 2.45) is 11.1 Å². The van der Waals surface area contributed by atoms with Crippen molar-refractivity contribution in [3.05, 3.63) is 40.4 Å². The van der Waals surface area contributed by atoms with Gasteiger partial charge in [0.05, 0.1) is 5.69 Å². The first kappa shape index (κ1) is 23.3. The Bertz CT molecular complexity index is 895. The van der Waals surface area contributed by atoms with Crippen LogP contribution >= 0.6 is 11.5 Å². The van der Waals surface area contributed by atoms with Crippen molar-refractivity contribution in [3.8, 4) is 0 Å². The summed E-state index contributed by atoms with van der Waals surface area (Å²) in [7, 11) is 0. The van der Waals surface area contributed by atoms with E-state index >= 15 is 0 Å². The molecule has 1 saturated carbocycles. The number of nitrogens with one attached hydrogen (secondary N) is 1. The van der Waals surface area contributed by atoms with Gasteiger partial charge in [0.2, 0.25) is 5.91 Å². The van der Waals surface area contributed by atoms with E-state index in [1.807, 2.05) is 29.2 Å². The van der Waals surface area contributed by atoms with Gasteiger partial charge in [0.1, 0.15) is 4.88 Å². The molecule has 1 fully saturated rings. The summed E-state index contributed by atoms with van der Waals surface area (Å²) in [6, 6.07) is 8.17. The molecule has 2 amide bonds. The standard InChI is InChI=1S/C23H33N5O2S/c1-15-21(31-27-26-15)22(30)25-18-9-5-16(6-10-18)14-28(20(29)13-23(2,3)4)19-11-7-17(24)8-12-19/h5-6,9-10,17,19H,7-8,11-14,24H2,1-4H3,(H,25,30). The summed E-state index contributed by atoms with van der Waals surface area (Å²) in [5.41, 5.74) is 8.40. The van der Waals surface area contributed by atoms with E-state index in [1.54, 1.807) is 6.92 Å². The largest absolute Gasteiger partial charge is 0.335 e. The van der Waals surface area contributed by atoms with E-state index in [1.165, 1.54) is 0 Å². The number of nitrogens with zero attached hydrogens (tertiary/aromatic N) is 3. The summed E-state index contributed by atoms with van der Waals surface area (Å²) in [5, 5.41) is 6.76. The molecule has 0 spiro atoms. The number of carbonyl (C=O) groups excluding carboxylic acids is 2. The quantitative estimate of drug-likeness (QED) is 0.699. The molecule has 0 radical (unpaired) electrons. The Hall–Kier alpha value is -2.32. The Morgan fingerprint density at radius 2 is 1.81 bits per heavy atom. The second-order valence-electron chi connectivity index (χ2n) is 9.67. The molecular formula is C23H33N5O2S. The van der Waals surface area contributed by atoms with Gasteiger partial charge in [-0.1, -0.05) is 37.4 Å². The van der Waals surface area contributed by atoms with Gasteiger partial charge in [-0.3, -0.25) is 9.59 Å². The summed E-state index contributed by atoms with van der Waals surface area (Å²) in [6.07, 6.45) is 4.34. The van der Waals surface area contributed by atoms with Crippen molar-refractivity contribution in [1.29, 1.82) is 0 Å². The van der Waals surface area contributed by atoms with E-state index in [0.717, 1.165) is 42.8 Å². The topological polar surface area (TPSA) is 101 Å². The predicted octanol–water partition coefficient (Wildman–Crippen LogP) is 4.13. The molecule has 31 heavy (non-hydrogen) atoms. The van der Waals surface area contributed by atoms with E-state index in [-0.39, 0.29) is 29.3 Å². The van der Waals surface area contributed by atoms with Crippen LogP contribution in [0, 0.1) is 12.3 Å². The van der Waals surface area contributed by atoms with Crippen molar-refractivity contribution in [3.63, 3.8) is 0 Å². The molecular weight excluding hydrogens is 410 g/mol. The number of amides is 2. The number of anilines is 1. The van der Waals surface area contributed by atoms with Crippen molar-refractivity contribution < 1.29 is 9.59 Å². The van der Waals surface area contributed by atoms with Crippen LogP contribution in [-0.4, -0.2) is 38.4 Å². The van der Waals surface area contributed by atoms with Gasteiger partial charge in [0.15, 0.2) is 0 Å². The zero-order valence-electron chi connectivity index (χ0n) is 18.9. The number of hydrogen-bond donors (Lipinski definition) is 2. The maximum Gasteiger partial charge on any atom is 0.269 e. The third kappa shape index (κ3) is 6.58. The van der Waals surface area contributed by atoms with E-state index in [2.05, 4.69) is 35.7 Å².